The van der Waals surface area contributed by atoms with Gasteiger partial charge in [-0.05, 0) is 37.3 Å². The molecule has 0 radical (unpaired) electrons. The van der Waals surface area contributed by atoms with E-state index in [1.54, 1.807) is 0 Å². The Kier molecular flexibility index (Phi) is 4.24. The third-order valence-corrected chi connectivity index (χ3v) is 4.46. The molecule has 1 aliphatic heterocycles. The van der Waals surface area contributed by atoms with Gasteiger partial charge in [0.05, 0.1) is 22.9 Å². The van der Waals surface area contributed by atoms with Crippen LogP contribution in [0.2, 0.25) is 0 Å². The lowest BCUT2D eigenvalue weighted by Crippen LogP contribution is -2.56. The number of hydrogen-bond donors (Lipinski definition) is 0. The molecule has 1 aliphatic rings. The normalized spacial score (nSPS) is 21.7. The van der Waals surface area contributed by atoms with Gasteiger partial charge in [-0.3, -0.25) is 9.69 Å². The molecule has 1 unspecified atom stereocenters. The van der Waals surface area contributed by atoms with Crippen LogP contribution in [0.25, 0.3) is 0 Å². The van der Waals surface area contributed by atoms with Crippen molar-refractivity contribution < 1.29 is 31.1 Å². The number of carbonyl (C=O) groups is 1. The fourth-order valence-corrected chi connectivity index (χ4v) is 2.70. The number of likely N-dealkylation sites (N-methyl/N-ethyl adjacent to an activating group) is 1. The van der Waals surface area contributed by atoms with Crippen molar-refractivity contribution in [3.05, 3.63) is 29.3 Å². The van der Waals surface area contributed by atoms with Crippen LogP contribution in [0.4, 0.5) is 32.0 Å². The topological polar surface area (TPSA) is 47.3 Å². The van der Waals surface area contributed by atoms with Gasteiger partial charge in [-0.2, -0.15) is 31.6 Å². The van der Waals surface area contributed by atoms with E-state index in [2.05, 4.69) is 0 Å². The number of anilines is 1. The van der Waals surface area contributed by atoms with Crippen molar-refractivity contribution in [1.82, 2.24) is 4.90 Å². The molecule has 1 amide bonds. The number of rotatable bonds is 1. The Labute approximate surface area is 143 Å². The highest BCUT2D eigenvalue weighted by Crippen LogP contribution is 2.43. The average Bonchev–Trinajstić information content (AvgIpc) is 2.67. The van der Waals surface area contributed by atoms with Crippen molar-refractivity contribution in [3.8, 4) is 6.07 Å². The molecule has 1 fully saturated rings. The maximum Gasteiger partial charge on any atom is 0.420 e. The highest BCUT2D eigenvalue weighted by Gasteiger charge is 2.66. The highest BCUT2D eigenvalue weighted by atomic mass is 32.1. The summed E-state index contributed by atoms with van der Waals surface area (Å²) in [6, 6.07) is 3.49. The third-order valence-electron chi connectivity index (χ3n) is 4.01. The quantitative estimate of drug-likeness (QED) is 0.552. The van der Waals surface area contributed by atoms with Crippen molar-refractivity contribution in [2.24, 2.45) is 0 Å². The predicted octanol–water partition coefficient (Wildman–Crippen LogP) is 3.46. The Morgan fingerprint density at radius 1 is 1.20 bits per heavy atom. The summed E-state index contributed by atoms with van der Waals surface area (Å²) in [5.41, 5.74) is -5.59. The second-order valence-electron chi connectivity index (χ2n) is 5.39. The minimum Gasteiger partial charge on any atom is -0.330 e. The first-order valence-corrected chi connectivity index (χ1v) is 6.98. The van der Waals surface area contributed by atoms with E-state index in [4.69, 9.17) is 17.5 Å². The van der Waals surface area contributed by atoms with E-state index in [9.17, 15) is 31.1 Å². The number of thiocarbonyl (C=S) groups is 1. The lowest BCUT2D eigenvalue weighted by molar-refractivity contribution is -0.205. The van der Waals surface area contributed by atoms with E-state index in [-0.39, 0.29) is 0 Å². The minimum atomic E-state index is -5.00. The molecular formula is C14H9F6N3OS. The third kappa shape index (κ3) is 2.70. The van der Waals surface area contributed by atoms with Crippen molar-refractivity contribution >= 4 is 28.9 Å². The Bertz CT molecular complexity index is 797. The number of hydrogen-bond acceptors (Lipinski definition) is 3. The lowest BCUT2D eigenvalue weighted by atomic mass is 10.00. The fraction of sp³-hybridized carbons (Fsp3) is 0.357. The molecular weight excluding hydrogens is 372 g/mol. The van der Waals surface area contributed by atoms with Crippen LogP contribution in [-0.2, 0) is 11.0 Å². The van der Waals surface area contributed by atoms with Gasteiger partial charge >= 0.3 is 12.4 Å². The first-order chi connectivity index (χ1) is 11.3. The number of alkyl halides is 6. The second-order valence-corrected chi connectivity index (χ2v) is 5.76. The first kappa shape index (κ1) is 19.0. The van der Waals surface area contributed by atoms with Crippen LogP contribution in [-0.4, -0.2) is 34.7 Å². The zero-order valence-electron chi connectivity index (χ0n) is 12.7. The summed E-state index contributed by atoms with van der Waals surface area (Å²) < 4.78 is 79.1. The first-order valence-electron chi connectivity index (χ1n) is 6.57. The molecule has 0 spiro atoms. The molecule has 1 atom stereocenters. The van der Waals surface area contributed by atoms with Crippen LogP contribution in [0, 0.1) is 11.3 Å². The Morgan fingerprint density at radius 3 is 2.16 bits per heavy atom. The Morgan fingerprint density at radius 2 is 1.76 bits per heavy atom. The summed E-state index contributed by atoms with van der Waals surface area (Å²) in [5.74, 6) is -1.52. The molecule has 0 bridgehead atoms. The van der Waals surface area contributed by atoms with Crippen LogP contribution < -0.4 is 4.90 Å². The SMILES string of the molecule is CN1C(=S)N(c2ccc(C#N)c(C(F)(F)F)c2)C(=O)C1(C)C(F)(F)F. The molecule has 0 N–H and O–H groups in total. The van der Waals surface area contributed by atoms with E-state index in [0.29, 0.717) is 22.8 Å². The van der Waals surface area contributed by atoms with Crippen LogP contribution in [0.1, 0.15) is 18.1 Å². The Hall–Kier alpha value is -2.35. The average molecular weight is 381 g/mol. The molecule has 2 rings (SSSR count). The van der Waals surface area contributed by atoms with Gasteiger partial charge in [0.1, 0.15) is 0 Å². The number of nitrogens with zero attached hydrogens (tertiary/aromatic N) is 3. The Balaban J connectivity index is 2.63. The van der Waals surface area contributed by atoms with E-state index < -0.39 is 45.7 Å². The van der Waals surface area contributed by atoms with Crippen LogP contribution in [0.5, 0.6) is 0 Å². The largest absolute Gasteiger partial charge is 0.420 e. The summed E-state index contributed by atoms with van der Waals surface area (Å²) in [4.78, 5) is 13.2. The predicted molar refractivity (Wildman–Crippen MR) is 78.5 cm³/mol. The monoisotopic (exact) mass is 381 g/mol. The molecule has 0 saturated carbocycles. The summed E-state index contributed by atoms with van der Waals surface area (Å²) in [6.07, 6.45) is -9.93. The fourth-order valence-electron chi connectivity index (χ4n) is 2.33. The van der Waals surface area contributed by atoms with E-state index in [0.717, 1.165) is 19.2 Å². The molecule has 1 heterocycles. The van der Waals surface area contributed by atoms with Gasteiger partial charge in [-0.15, -0.1) is 0 Å². The van der Waals surface area contributed by atoms with Crippen LogP contribution >= 0.6 is 12.2 Å². The maximum absolute atomic E-state index is 13.3. The molecule has 11 heteroatoms. The number of halogens is 6. The zero-order valence-corrected chi connectivity index (χ0v) is 13.5. The van der Waals surface area contributed by atoms with E-state index >= 15 is 0 Å². The van der Waals surface area contributed by atoms with Crippen molar-refractivity contribution in [3.63, 3.8) is 0 Å². The molecule has 0 aliphatic carbocycles. The summed E-state index contributed by atoms with van der Waals surface area (Å²) in [7, 11) is 0.933. The molecule has 1 aromatic rings. The van der Waals surface area contributed by atoms with Crippen molar-refractivity contribution in [2.75, 3.05) is 11.9 Å². The van der Waals surface area contributed by atoms with Gasteiger partial charge in [0.25, 0.3) is 5.91 Å². The summed E-state index contributed by atoms with van der Waals surface area (Å²) in [6.45, 7) is 0.593. The molecule has 0 aromatic heterocycles. The maximum atomic E-state index is 13.3. The van der Waals surface area contributed by atoms with Gasteiger partial charge < -0.3 is 4.90 Å². The van der Waals surface area contributed by atoms with Gasteiger partial charge in [0.15, 0.2) is 5.11 Å². The van der Waals surface area contributed by atoms with Crippen molar-refractivity contribution in [2.45, 2.75) is 24.8 Å². The molecule has 134 valence electrons. The molecule has 4 nitrogen and oxygen atoms in total. The number of amides is 1. The van der Waals surface area contributed by atoms with Gasteiger partial charge in [0.2, 0.25) is 5.54 Å². The standard InChI is InChI=1S/C14H9F6N3OS/c1-12(14(18,19)20)10(24)23(11(25)22(12)2)8-4-3-7(6-21)9(5-8)13(15,16)17/h3-5H,1-2H3. The lowest BCUT2D eigenvalue weighted by Gasteiger charge is -2.31. The van der Waals surface area contributed by atoms with Crippen LogP contribution in [0.3, 0.4) is 0 Å². The van der Waals surface area contributed by atoms with Crippen LogP contribution in [0.15, 0.2) is 18.2 Å². The highest BCUT2D eigenvalue weighted by molar-refractivity contribution is 7.80. The van der Waals surface area contributed by atoms with Crippen molar-refractivity contribution in [1.29, 1.82) is 5.26 Å². The van der Waals surface area contributed by atoms with Gasteiger partial charge in [-0.25, -0.2) is 0 Å². The second kappa shape index (κ2) is 5.59. The number of nitriles is 1. The van der Waals surface area contributed by atoms with E-state index in [1.807, 2.05) is 0 Å². The summed E-state index contributed by atoms with van der Waals surface area (Å²) in [5, 5.41) is 8.17. The smallest absolute Gasteiger partial charge is 0.330 e. The molecule has 1 aromatic carbocycles. The van der Waals surface area contributed by atoms with E-state index in [1.165, 1.54) is 6.07 Å². The molecule has 1 saturated heterocycles. The number of benzene rings is 1. The van der Waals surface area contributed by atoms with Gasteiger partial charge in [-0.1, -0.05) is 0 Å². The van der Waals surface area contributed by atoms with Gasteiger partial charge in [0, 0.05) is 7.05 Å². The number of carbonyl (C=O) groups excluding carboxylic acids is 1. The minimum absolute atomic E-state index is 0.388. The zero-order chi connectivity index (χ0) is 19.4. The summed E-state index contributed by atoms with van der Waals surface area (Å²) >= 11 is 4.82. The molecule has 25 heavy (non-hydrogen) atoms.